The fourth-order valence-corrected chi connectivity index (χ4v) is 2.34. The van der Waals surface area contributed by atoms with E-state index in [0.717, 1.165) is 0 Å². The van der Waals surface area contributed by atoms with Crippen molar-refractivity contribution in [3.8, 4) is 0 Å². The molecule has 0 fully saturated rings. The van der Waals surface area contributed by atoms with Gasteiger partial charge in [0.2, 0.25) is 5.91 Å². The maximum atomic E-state index is 11.8. The van der Waals surface area contributed by atoms with Gasteiger partial charge in [0.25, 0.3) is 0 Å². The number of ether oxygens (including phenoxy) is 1. The van der Waals surface area contributed by atoms with Gasteiger partial charge in [-0.1, -0.05) is 6.92 Å². The Morgan fingerprint density at radius 2 is 1.86 bits per heavy atom. The number of ketones is 1. The van der Waals surface area contributed by atoms with Crippen LogP contribution in [0.1, 0.15) is 30.6 Å². The van der Waals surface area contributed by atoms with Crippen molar-refractivity contribution in [3.05, 3.63) is 29.8 Å². The Kier molecular flexibility index (Phi) is 6.94. The smallest absolute Gasteiger partial charge is 0.306 e. The summed E-state index contributed by atoms with van der Waals surface area (Å²) in [5.74, 6) is -0.185. The van der Waals surface area contributed by atoms with Crippen molar-refractivity contribution >= 4 is 35.1 Å². The monoisotopic (exact) mass is 309 g/mol. The van der Waals surface area contributed by atoms with Crippen LogP contribution in [0.4, 0.5) is 5.69 Å². The second kappa shape index (κ2) is 8.46. The normalized spacial score (nSPS) is 11.6. The van der Waals surface area contributed by atoms with Crippen molar-refractivity contribution in [2.45, 2.75) is 25.5 Å². The van der Waals surface area contributed by atoms with Crippen LogP contribution >= 0.6 is 11.8 Å². The van der Waals surface area contributed by atoms with Crippen LogP contribution in [0.3, 0.4) is 0 Å². The van der Waals surface area contributed by atoms with Gasteiger partial charge < -0.3 is 10.1 Å². The van der Waals surface area contributed by atoms with Crippen LogP contribution in [0.2, 0.25) is 0 Å². The Morgan fingerprint density at radius 3 is 2.38 bits per heavy atom. The Hall–Kier alpha value is -1.82. The van der Waals surface area contributed by atoms with E-state index in [9.17, 15) is 14.4 Å². The van der Waals surface area contributed by atoms with Crippen LogP contribution < -0.4 is 5.32 Å². The van der Waals surface area contributed by atoms with E-state index in [-0.39, 0.29) is 35.1 Å². The largest absolute Gasteiger partial charge is 0.469 e. The topological polar surface area (TPSA) is 72.5 Å². The fraction of sp³-hybridized carbons (Fsp3) is 0.400. The van der Waals surface area contributed by atoms with Crippen molar-refractivity contribution in [1.82, 2.24) is 0 Å². The Morgan fingerprint density at radius 1 is 1.24 bits per heavy atom. The van der Waals surface area contributed by atoms with Gasteiger partial charge in [-0.05, 0) is 31.2 Å². The molecule has 1 atom stereocenters. The molecule has 1 aromatic carbocycles. The molecule has 21 heavy (non-hydrogen) atoms. The highest BCUT2D eigenvalue weighted by atomic mass is 32.2. The number of amides is 1. The van der Waals surface area contributed by atoms with E-state index in [1.165, 1.54) is 25.8 Å². The molecule has 0 radical (unpaired) electrons. The molecule has 1 N–H and O–H groups in total. The van der Waals surface area contributed by atoms with E-state index >= 15 is 0 Å². The highest BCUT2D eigenvalue weighted by Crippen LogP contribution is 2.16. The minimum absolute atomic E-state index is 0.0138. The maximum absolute atomic E-state index is 11.8. The van der Waals surface area contributed by atoms with Gasteiger partial charge in [0.05, 0.1) is 19.3 Å². The van der Waals surface area contributed by atoms with Crippen LogP contribution in [0.25, 0.3) is 0 Å². The first kappa shape index (κ1) is 17.2. The molecule has 0 saturated carbocycles. The van der Waals surface area contributed by atoms with E-state index in [1.807, 2.05) is 6.92 Å². The number of benzene rings is 1. The summed E-state index contributed by atoms with van der Waals surface area (Å²) in [6, 6.07) is 6.73. The van der Waals surface area contributed by atoms with Gasteiger partial charge in [0.15, 0.2) is 5.78 Å². The summed E-state index contributed by atoms with van der Waals surface area (Å²) in [6.45, 7) is 3.36. The van der Waals surface area contributed by atoms with E-state index in [2.05, 4.69) is 10.1 Å². The molecular weight excluding hydrogens is 290 g/mol. The molecule has 6 heteroatoms. The molecule has 0 bridgehead atoms. The summed E-state index contributed by atoms with van der Waals surface area (Å²) >= 11 is 1.39. The van der Waals surface area contributed by atoms with Crippen LogP contribution in [-0.4, -0.2) is 35.8 Å². The lowest BCUT2D eigenvalue weighted by Gasteiger charge is -2.10. The first-order valence-corrected chi connectivity index (χ1v) is 7.56. The Balaban J connectivity index is 2.39. The van der Waals surface area contributed by atoms with Gasteiger partial charge in [-0.2, -0.15) is 0 Å². The molecule has 0 spiro atoms. The molecule has 1 unspecified atom stereocenters. The number of Topliss-reactive ketones (excluding diaryl/α,β-unsaturated/α-hetero) is 1. The highest BCUT2D eigenvalue weighted by Gasteiger charge is 2.12. The number of hydrogen-bond acceptors (Lipinski definition) is 5. The van der Waals surface area contributed by atoms with Crippen LogP contribution in [0, 0.1) is 0 Å². The number of rotatable bonds is 7. The second-order valence-electron chi connectivity index (χ2n) is 4.58. The molecule has 5 nitrogen and oxygen atoms in total. The third kappa shape index (κ3) is 6.44. The van der Waals surface area contributed by atoms with E-state index in [4.69, 9.17) is 0 Å². The quantitative estimate of drug-likeness (QED) is 0.619. The van der Waals surface area contributed by atoms with Gasteiger partial charge in [0, 0.05) is 16.5 Å². The average Bonchev–Trinajstić information content (AvgIpc) is 2.45. The van der Waals surface area contributed by atoms with E-state index in [1.54, 1.807) is 24.3 Å². The van der Waals surface area contributed by atoms with Gasteiger partial charge in [-0.3, -0.25) is 14.4 Å². The summed E-state index contributed by atoms with van der Waals surface area (Å²) in [6.07, 6.45) is 0.280. The third-order valence-electron chi connectivity index (χ3n) is 2.76. The van der Waals surface area contributed by atoms with Crippen molar-refractivity contribution in [1.29, 1.82) is 0 Å². The number of esters is 1. The van der Waals surface area contributed by atoms with Gasteiger partial charge >= 0.3 is 5.97 Å². The summed E-state index contributed by atoms with van der Waals surface area (Å²) in [7, 11) is 1.34. The van der Waals surface area contributed by atoms with Crippen molar-refractivity contribution in [2.75, 3.05) is 18.2 Å². The molecule has 1 rings (SSSR count). The molecule has 0 aromatic heterocycles. The van der Waals surface area contributed by atoms with Gasteiger partial charge in [-0.15, -0.1) is 11.8 Å². The number of carbonyl (C=O) groups excluding carboxylic acids is 3. The third-order valence-corrected chi connectivity index (χ3v) is 3.92. The predicted octanol–water partition coefficient (Wildman–Crippen LogP) is 2.51. The van der Waals surface area contributed by atoms with E-state index < -0.39 is 0 Å². The molecule has 0 heterocycles. The van der Waals surface area contributed by atoms with Crippen molar-refractivity contribution in [3.63, 3.8) is 0 Å². The standard InChI is InChI=1S/C15H19NO4S/c1-10(8-15(19)20-3)21-9-14(18)16-13-6-4-12(5-7-13)11(2)17/h4-7,10H,8-9H2,1-3H3,(H,16,18). The summed E-state index contributed by atoms with van der Waals surface area (Å²) in [5, 5.41) is 2.76. The molecule has 1 aromatic rings. The van der Waals surface area contributed by atoms with Gasteiger partial charge in [-0.25, -0.2) is 0 Å². The first-order valence-electron chi connectivity index (χ1n) is 6.51. The lowest BCUT2D eigenvalue weighted by atomic mass is 10.1. The summed E-state index contributed by atoms with van der Waals surface area (Å²) < 4.78 is 4.57. The molecule has 114 valence electrons. The number of carbonyl (C=O) groups is 3. The molecule has 1 amide bonds. The molecule has 0 aliphatic heterocycles. The number of nitrogens with one attached hydrogen (secondary N) is 1. The zero-order valence-corrected chi connectivity index (χ0v) is 13.2. The first-order chi connectivity index (χ1) is 9.92. The summed E-state index contributed by atoms with van der Waals surface area (Å²) in [5.41, 5.74) is 1.25. The summed E-state index contributed by atoms with van der Waals surface area (Å²) in [4.78, 5) is 34.0. The van der Waals surface area contributed by atoms with Gasteiger partial charge in [0.1, 0.15) is 0 Å². The molecule has 0 aliphatic rings. The van der Waals surface area contributed by atoms with Crippen molar-refractivity contribution < 1.29 is 19.1 Å². The lowest BCUT2D eigenvalue weighted by Crippen LogP contribution is -2.17. The number of hydrogen-bond donors (Lipinski definition) is 1. The number of methoxy groups -OCH3 is 1. The van der Waals surface area contributed by atoms with E-state index in [0.29, 0.717) is 11.3 Å². The Bertz CT molecular complexity index is 513. The fourth-order valence-electron chi connectivity index (χ4n) is 1.58. The highest BCUT2D eigenvalue weighted by molar-refractivity contribution is 8.00. The van der Waals surface area contributed by atoms with Crippen molar-refractivity contribution in [2.24, 2.45) is 0 Å². The zero-order valence-electron chi connectivity index (χ0n) is 12.3. The SMILES string of the molecule is COC(=O)CC(C)SCC(=O)Nc1ccc(C(C)=O)cc1. The minimum atomic E-state index is -0.282. The average molecular weight is 309 g/mol. The minimum Gasteiger partial charge on any atom is -0.469 e. The van der Waals surface area contributed by atoms with Crippen LogP contribution in [-0.2, 0) is 14.3 Å². The molecular formula is C15H19NO4S. The molecule has 0 aliphatic carbocycles. The predicted molar refractivity (Wildman–Crippen MR) is 83.6 cm³/mol. The second-order valence-corrected chi connectivity index (χ2v) is 6.01. The van der Waals surface area contributed by atoms with Crippen LogP contribution in [0.15, 0.2) is 24.3 Å². The Labute approximate surface area is 128 Å². The number of thioether (sulfide) groups is 1. The maximum Gasteiger partial charge on any atom is 0.306 e. The number of anilines is 1. The molecule has 0 saturated heterocycles. The van der Waals surface area contributed by atoms with Crippen LogP contribution in [0.5, 0.6) is 0 Å². The zero-order chi connectivity index (χ0) is 15.8. The lowest BCUT2D eigenvalue weighted by molar-refractivity contribution is -0.140.